The number of halogens is 1. The molecule has 0 saturated heterocycles. The molecule has 0 aromatic heterocycles. The van der Waals surface area contributed by atoms with Crippen molar-refractivity contribution in [2.75, 3.05) is 32.1 Å². The van der Waals surface area contributed by atoms with Crippen LogP contribution in [-0.2, 0) is 9.59 Å². The fraction of sp³-hybridized carbons (Fsp3) is 0.909. The smallest absolute Gasteiger partial charge is 0.235 e. The topological polar surface area (TPSA) is 40.6 Å². The van der Waals surface area contributed by atoms with E-state index in [9.17, 15) is 9.59 Å². The number of rotatable bonds is 16. The molecule has 0 heterocycles. The van der Waals surface area contributed by atoms with Crippen LogP contribution in [0.4, 0.5) is 0 Å². The zero-order valence-corrected chi connectivity index (χ0v) is 19.2. The Kier molecular flexibility index (Phi) is 15.7. The number of alkyl halides is 1. The third kappa shape index (κ3) is 9.82. The summed E-state index contributed by atoms with van der Waals surface area (Å²) in [6.07, 6.45) is 9.28. The van der Waals surface area contributed by atoms with E-state index in [1.165, 1.54) is 32.1 Å². The highest BCUT2D eigenvalue weighted by Crippen LogP contribution is 2.24. The molecule has 160 valence electrons. The van der Waals surface area contributed by atoms with Gasteiger partial charge >= 0.3 is 0 Å². The van der Waals surface area contributed by atoms with Crippen molar-refractivity contribution in [2.45, 2.75) is 86.0 Å². The lowest BCUT2D eigenvalue weighted by Crippen LogP contribution is -2.47. The van der Waals surface area contributed by atoms with Gasteiger partial charge in [-0.1, -0.05) is 45.4 Å². The van der Waals surface area contributed by atoms with Crippen LogP contribution in [0.15, 0.2) is 0 Å². The molecule has 5 heteroatoms. The molecule has 0 N–H and O–H groups in total. The van der Waals surface area contributed by atoms with Crippen LogP contribution in [-0.4, -0.2) is 53.7 Å². The summed E-state index contributed by atoms with van der Waals surface area (Å²) in [5, 5.41) is 0. The van der Waals surface area contributed by atoms with Crippen molar-refractivity contribution < 1.29 is 9.59 Å². The Hall–Kier alpha value is -0.770. The average molecular weight is 403 g/mol. The Morgan fingerprint density at radius 3 is 1.44 bits per heavy atom. The fourth-order valence-electron chi connectivity index (χ4n) is 3.67. The first-order chi connectivity index (χ1) is 13.0. The van der Waals surface area contributed by atoms with Crippen LogP contribution in [0, 0.1) is 11.8 Å². The van der Waals surface area contributed by atoms with E-state index >= 15 is 0 Å². The summed E-state index contributed by atoms with van der Waals surface area (Å²) in [7, 11) is 0. The summed E-state index contributed by atoms with van der Waals surface area (Å²) >= 11 is 5.70. The van der Waals surface area contributed by atoms with E-state index in [-0.39, 0.29) is 17.7 Å². The first-order valence-electron chi connectivity index (χ1n) is 11.1. The van der Waals surface area contributed by atoms with Crippen molar-refractivity contribution in [3.05, 3.63) is 0 Å². The molecule has 4 nitrogen and oxygen atoms in total. The highest BCUT2D eigenvalue weighted by atomic mass is 35.5. The molecule has 0 fully saturated rings. The van der Waals surface area contributed by atoms with Crippen LogP contribution >= 0.6 is 11.6 Å². The van der Waals surface area contributed by atoms with Crippen molar-refractivity contribution in [1.29, 1.82) is 0 Å². The molecule has 0 saturated carbocycles. The molecule has 2 amide bonds. The summed E-state index contributed by atoms with van der Waals surface area (Å²) in [6.45, 7) is 12.6. The predicted octanol–water partition coefficient (Wildman–Crippen LogP) is 5.34. The van der Waals surface area contributed by atoms with Gasteiger partial charge in [-0.25, -0.2) is 0 Å². The van der Waals surface area contributed by atoms with Crippen LogP contribution in [0.5, 0.6) is 0 Å². The normalized spacial score (nSPS) is 12.3. The molecule has 0 spiro atoms. The Morgan fingerprint density at radius 2 is 1.07 bits per heavy atom. The molecular weight excluding hydrogens is 360 g/mol. The van der Waals surface area contributed by atoms with Gasteiger partial charge in [0.2, 0.25) is 11.8 Å². The molecule has 0 aromatic rings. The van der Waals surface area contributed by atoms with Gasteiger partial charge in [-0.3, -0.25) is 9.59 Å². The Morgan fingerprint density at radius 1 is 0.704 bits per heavy atom. The lowest BCUT2D eigenvalue weighted by Gasteiger charge is -2.32. The molecule has 0 aliphatic rings. The van der Waals surface area contributed by atoms with Gasteiger partial charge < -0.3 is 9.80 Å². The van der Waals surface area contributed by atoms with Gasteiger partial charge in [-0.15, -0.1) is 11.6 Å². The third-order valence-electron chi connectivity index (χ3n) is 5.54. The third-order valence-corrected chi connectivity index (χ3v) is 5.81. The quantitative estimate of drug-likeness (QED) is 0.199. The molecule has 0 bridgehead atoms. The van der Waals surface area contributed by atoms with E-state index in [1.807, 2.05) is 27.7 Å². The highest BCUT2D eigenvalue weighted by molar-refractivity contribution is 6.17. The minimum absolute atomic E-state index is 0.00507. The highest BCUT2D eigenvalue weighted by Gasteiger charge is 2.36. The summed E-state index contributed by atoms with van der Waals surface area (Å²) in [5.74, 6) is 0.326. The van der Waals surface area contributed by atoms with Crippen molar-refractivity contribution in [2.24, 2.45) is 11.8 Å². The monoisotopic (exact) mass is 402 g/mol. The van der Waals surface area contributed by atoms with Crippen molar-refractivity contribution >= 4 is 23.4 Å². The van der Waals surface area contributed by atoms with Crippen molar-refractivity contribution in [1.82, 2.24) is 9.80 Å². The average Bonchev–Trinajstić information content (AvgIpc) is 2.66. The Labute approximate surface area is 173 Å². The van der Waals surface area contributed by atoms with Gasteiger partial charge in [-0.05, 0) is 46.5 Å². The number of unbranched alkanes of at least 4 members (excludes halogenated alkanes) is 6. The number of amides is 2. The maximum Gasteiger partial charge on any atom is 0.235 e. The second-order valence-corrected chi connectivity index (χ2v) is 7.81. The van der Waals surface area contributed by atoms with E-state index in [4.69, 9.17) is 11.6 Å². The van der Waals surface area contributed by atoms with Gasteiger partial charge in [0, 0.05) is 32.1 Å². The summed E-state index contributed by atoms with van der Waals surface area (Å²) in [6, 6.07) is 0. The SMILES string of the molecule is CCN(CC)C(=O)C(C(=O)N(CC)CC)C(C)CCCCCCCCCCl. The molecule has 0 aliphatic carbocycles. The second kappa shape index (κ2) is 16.2. The molecule has 0 radical (unpaired) electrons. The minimum Gasteiger partial charge on any atom is -0.343 e. The Balaban J connectivity index is 4.71. The standard InChI is InChI=1S/C22H43ClN2O2/c1-6-24(7-2)21(26)20(22(27)25(8-3)9-4)19(5)17-15-13-11-10-12-14-16-18-23/h19-20H,6-18H2,1-5H3. The number of carbonyl (C=O) groups excluding carboxylic acids is 2. The van der Waals surface area contributed by atoms with Gasteiger partial charge in [0.05, 0.1) is 0 Å². The molecule has 1 atom stereocenters. The number of hydrogen-bond donors (Lipinski definition) is 0. The van der Waals surface area contributed by atoms with Crippen LogP contribution in [0.2, 0.25) is 0 Å². The molecular formula is C22H43ClN2O2. The summed E-state index contributed by atoms with van der Waals surface area (Å²) in [4.78, 5) is 29.7. The van der Waals surface area contributed by atoms with Crippen molar-refractivity contribution in [3.8, 4) is 0 Å². The van der Waals surface area contributed by atoms with E-state index in [2.05, 4.69) is 6.92 Å². The van der Waals surface area contributed by atoms with E-state index in [1.54, 1.807) is 9.80 Å². The summed E-state index contributed by atoms with van der Waals surface area (Å²) < 4.78 is 0. The van der Waals surface area contributed by atoms with Gasteiger partial charge in [-0.2, -0.15) is 0 Å². The van der Waals surface area contributed by atoms with E-state index in [0.717, 1.165) is 25.1 Å². The number of carbonyl (C=O) groups is 2. The van der Waals surface area contributed by atoms with Gasteiger partial charge in [0.15, 0.2) is 0 Å². The first kappa shape index (κ1) is 26.2. The molecule has 0 rings (SSSR count). The predicted molar refractivity (Wildman–Crippen MR) is 116 cm³/mol. The zero-order chi connectivity index (χ0) is 20.7. The zero-order valence-electron chi connectivity index (χ0n) is 18.4. The second-order valence-electron chi connectivity index (χ2n) is 7.43. The van der Waals surface area contributed by atoms with Crippen molar-refractivity contribution in [3.63, 3.8) is 0 Å². The molecule has 0 aliphatic heterocycles. The molecule has 1 unspecified atom stereocenters. The Bertz CT molecular complexity index is 372. The van der Waals surface area contributed by atoms with Crippen LogP contribution in [0.1, 0.15) is 86.0 Å². The van der Waals surface area contributed by atoms with Crippen LogP contribution < -0.4 is 0 Å². The lowest BCUT2D eigenvalue weighted by atomic mass is 9.86. The molecule has 0 aromatic carbocycles. The van der Waals surface area contributed by atoms with E-state index in [0.29, 0.717) is 26.2 Å². The van der Waals surface area contributed by atoms with E-state index < -0.39 is 5.92 Å². The minimum atomic E-state index is -0.534. The largest absolute Gasteiger partial charge is 0.343 e. The summed E-state index contributed by atoms with van der Waals surface area (Å²) in [5.41, 5.74) is 0. The maximum absolute atomic E-state index is 13.0. The number of hydrogen-bond acceptors (Lipinski definition) is 2. The van der Waals surface area contributed by atoms with Gasteiger partial charge in [0.25, 0.3) is 0 Å². The number of nitrogens with zero attached hydrogens (tertiary/aromatic N) is 2. The molecule has 27 heavy (non-hydrogen) atoms. The first-order valence-corrected chi connectivity index (χ1v) is 11.6. The van der Waals surface area contributed by atoms with Crippen LogP contribution in [0.3, 0.4) is 0 Å². The van der Waals surface area contributed by atoms with Crippen LogP contribution in [0.25, 0.3) is 0 Å². The fourth-order valence-corrected chi connectivity index (χ4v) is 3.86. The van der Waals surface area contributed by atoms with Gasteiger partial charge in [0.1, 0.15) is 5.92 Å². The lowest BCUT2D eigenvalue weighted by molar-refractivity contribution is -0.149. The maximum atomic E-state index is 13.0.